The first-order valence-electron chi connectivity index (χ1n) is 21.1. The summed E-state index contributed by atoms with van der Waals surface area (Å²) in [5.74, 6) is -1.72. The molecule has 4 amide bonds. The van der Waals surface area contributed by atoms with Crippen LogP contribution in [0.3, 0.4) is 0 Å². The van der Waals surface area contributed by atoms with Crippen LogP contribution in [0.1, 0.15) is 92.9 Å². The molecule has 2 aliphatic carbocycles. The van der Waals surface area contributed by atoms with Gasteiger partial charge in [-0.1, -0.05) is 32.4 Å². The topological polar surface area (TPSA) is 186 Å². The molecule has 1 aromatic carbocycles. The molecule has 7 atom stereocenters. The summed E-state index contributed by atoms with van der Waals surface area (Å²) < 4.78 is 46.1. The Morgan fingerprint density at radius 3 is 2.59 bits per heavy atom. The second kappa shape index (κ2) is 16.1. The van der Waals surface area contributed by atoms with Crippen LogP contribution in [0.4, 0.5) is 10.5 Å². The normalized spacial score (nSPS) is 29.4. The number of sulfonamides is 1. The second-order valence-electron chi connectivity index (χ2n) is 18.5. The third-order valence-electron chi connectivity index (χ3n) is 12.8. The first-order valence-corrected chi connectivity index (χ1v) is 22.6. The first kappa shape index (κ1) is 42.5. The summed E-state index contributed by atoms with van der Waals surface area (Å²) in [5.41, 5.74) is -1.32. The van der Waals surface area contributed by atoms with Crippen molar-refractivity contribution in [2.75, 3.05) is 38.2 Å². The number of alkyl carbamates (subject to hydrolysis) is 1. The fraction of sp³-hybridized carbons (Fsp3) is 0.651. The number of anilines is 1. The lowest BCUT2D eigenvalue weighted by atomic mass is 9.80. The van der Waals surface area contributed by atoms with Crippen molar-refractivity contribution < 1.29 is 41.8 Å². The Hall–Kier alpha value is -4.60. The van der Waals surface area contributed by atoms with Gasteiger partial charge in [-0.3, -0.25) is 19.1 Å². The highest BCUT2D eigenvalue weighted by Gasteiger charge is 2.63. The molecule has 2 saturated carbocycles. The molecule has 3 fully saturated rings. The quantitative estimate of drug-likeness (QED) is 0.310. The number of amides is 4. The number of ether oxygens (including phenoxy) is 3. The van der Waals surface area contributed by atoms with E-state index in [1.54, 1.807) is 33.9 Å². The summed E-state index contributed by atoms with van der Waals surface area (Å²) in [7, 11) is -1.99. The smallest absolute Gasteiger partial charge is 0.407 e. The van der Waals surface area contributed by atoms with Crippen LogP contribution in [0, 0.1) is 23.7 Å². The highest BCUT2D eigenvalue weighted by molar-refractivity contribution is 7.91. The van der Waals surface area contributed by atoms with Crippen molar-refractivity contribution in [3.63, 3.8) is 0 Å². The van der Waals surface area contributed by atoms with E-state index in [9.17, 15) is 22.8 Å². The minimum Gasteiger partial charge on any atom is -0.489 e. The van der Waals surface area contributed by atoms with Gasteiger partial charge in [0.05, 0.1) is 29.4 Å². The van der Waals surface area contributed by atoms with Gasteiger partial charge in [0.25, 0.3) is 5.91 Å². The second-order valence-corrected chi connectivity index (χ2v) is 20.7. The van der Waals surface area contributed by atoms with Crippen molar-refractivity contribution in [2.24, 2.45) is 23.7 Å². The summed E-state index contributed by atoms with van der Waals surface area (Å²) in [5, 5.41) is 7.34. The fourth-order valence-electron chi connectivity index (χ4n) is 8.81. The lowest BCUT2D eigenvalue weighted by Crippen LogP contribution is -2.58. The molecule has 322 valence electrons. The molecule has 3 aliphatic heterocycles. The predicted octanol–water partition coefficient (Wildman–Crippen LogP) is 4.83. The van der Waals surface area contributed by atoms with Gasteiger partial charge in [0, 0.05) is 42.9 Å². The van der Waals surface area contributed by atoms with Crippen LogP contribution in [0.15, 0.2) is 36.5 Å². The Balaban J connectivity index is 1.23. The van der Waals surface area contributed by atoms with E-state index in [1.165, 1.54) is 4.90 Å². The van der Waals surface area contributed by atoms with Gasteiger partial charge in [0.15, 0.2) is 5.75 Å². The average molecular weight is 837 g/mol. The van der Waals surface area contributed by atoms with Crippen molar-refractivity contribution in [3.05, 3.63) is 36.5 Å². The molecule has 59 heavy (non-hydrogen) atoms. The number of aromatic nitrogens is 1. The van der Waals surface area contributed by atoms with Crippen LogP contribution in [0.2, 0.25) is 0 Å². The molecule has 2 aromatic rings. The van der Waals surface area contributed by atoms with Gasteiger partial charge in [0.1, 0.15) is 29.9 Å². The molecule has 0 spiro atoms. The molecular formula is C43H60N6O9S. The van der Waals surface area contributed by atoms with E-state index in [0.717, 1.165) is 35.2 Å². The van der Waals surface area contributed by atoms with Crippen molar-refractivity contribution in [2.45, 2.75) is 121 Å². The van der Waals surface area contributed by atoms with Crippen molar-refractivity contribution in [3.8, 4) is 11.6 Å². The molecular weight excluding hydrogens is 777 g/mol. The molecule has 1 saturated heterocycles. The number of nitrogens with one attached hydrogen (secondary N) is 3. The molecule has 4 heterocycles. The Kier molecular flexibility index (Phi) is 11.6. The monoisotopic (exact) mass is 836 g/mol. The van der Waals surface area contributed by atoms with Gasteiger partial charge in [0.2, 0.25) is 27.7 Å². The van der Waals surface area contributed by atoms with E-state index >= 15 is 4.79 Å². The van der Waals surface area contributed by atoms with E-state index in [-0.39, 0.29) is 43.7 Å². The van der Waals surface area contributed by atoms with Crippen LogP contribution < -0.4 is 29.7 Å². The standard InChI is InChI=1S/C43H60N6O9S/c1-8-27-21-26(2)11-9-10-12-28-23-43(28,39(52)47-59(54,55)42(6)16-17-42)46-36(50)34-22-29(25-49(34)38(51)32(27)24-45-40(53)58-41(3,4)5)57-37-31-13-14-33-35(30(31)15-18-44-37)56-20-19-48(33)7/h10,12-15,18,26-29,32,34H,8-9,11,16-17,19-25H2,1-7H3,(H,45,53)(H,46,50)(H,47,52). The molecule has 0 bridgehead atoms. The number of fused-ring (bicyclic) bond motifs is 5. The van der Waals surface area contributed by atoms with Gasteiger partial charge in [-0.05, 0) is 96.3 Å². The van der Waals surface area contributed by atoms with E-state index in [0.29, 0.717) is 44.6 Å². The molecule has 5 aliphatic rings. The summed E-state index contributed by atoms with van der Waals surface area (Å²) >= 11 is 0. The lowest BCUT2D eigenvalue weighted by Gasteiger charge is -2.34. The molecule has 7 unspecified atom stereocenters. The van der Waals surface area contributed by atoms with Crippen molar-refractivity contribution >= 4 is 50.3 Å². The number of pyridine rings is 1. The zero-order valence-electron chi connectivity index (χ0n) is 35.3. The highest BCUT2D eigenvalue weighted by atomic mass is 32.2. The fourth-order valence-corrected chi connectivity index (χ4v) is 10.1. The summed E-state index contributed by atoms with van der Waals surface area (Å²) in [6, 6.07) is 4.69. The van der Waals surface area contributed by atoms with Gasteiger partial charge >= 0.3 is 6.09 Å². The predicted molar refractivity (Wildman–Crippen MR) is 222 cm³/mol. The zero-order valence-corrected chi connectivity index (χ0v) is 36.2. The SMILES string of the molecule is CCC1CC(C)CCC=CC2CC2(C(=O)NS(=O)(=O)C2(C)CC2)NC(=O)C2CC(Oc3nccc4c5c(ccc34)N(C)CCO5)CN2C(=O)C1CNC(=O)OC(C)(C)C. The van der Waals surface area contributed by atoms with Crippen molar-refractivity contribution in [1.82, 2.24) is 25.2 Å². The number of hydrogen-bond donors (Lipinski definition) is 3. The van der Waals surface area contributed by atoms with Gasteiger partial charge in [-0.25, -0.2) is 18.2 Å². The lowest BCUT2D eigenvalue weighted by molar-refractivity contribution is -0.144. The molecule has 1 aromatic heterocycles. The number of likely N-dealkylation sites (N-methyl/N-ethyl adjacent to an activating group) is 1. The van der Waals surface area contributed by atoms with Crippen LogP contribution in [-0.4, -0.2) is 103 Å². The summed E-state index contributed by atoms with van der Waals surface area (Å²) in [6.07, 6.45) is 8.26. The van der Waals surface area contributed by atoms with Crippen LogP contribution in [-0.2, 0) is 29.1 Å². The largest absolute Gasteiger partial charge is 0.489 e. The Morgan fingerprint density at radius 2 is 1.88 bits per heavy atom. The zero-order chi connectivity index (χ0) is 42.5. The summed E-state index contributed by atoms with van der Waals surface area (Å²) in [4.78, 5) is 65.0. The Morgan fingerprint density at radius 1 is 1.12 bits per heavy atom. The molecule has 15 nitrogen and oxygen atoms in total. The number of nitrogens with zero attached hydrogens (tertiary/aromatic N) is 3. The molecule has 7 rings (SSSR count). The van der Waals surface area contributed by atoms with E-state index in [2.05, 4.69) is 32.2 Å². The first-order chi connectivity index (χ1) is 27.8. The third-order valence-corrected chi connectivity index (χ3v) is 15.0. The van der Waals surface area contributed by atoms with E-state index in [4.69, 9.17) is 14.2 Å². The number of carbonyl (C=O) groups is 4. The number of rotatable bonds is 8. The molecule has 0 radical (unpaired) electrons. The maximum Gasteiger partial charge on any atom is 0.407 e. The summed E-state index contributed by atoms with van der Waals surface area (Å²) in [6.45, 7) is 12.4. The molecule has 16 heteroatoms. The van der Waals surface area contributed by atoms with Gasteiger partial charge in [-0.2, -0.15) is 0 Å². The van der Waals surface area contributed by atoms with Crippen LogP contribution in [0.5, 0.6) is 11.6 Å². The number of hydrogen-bond acceptors (Lipinski definition) is 11. The number of allylic oxidation sites excluding steroid dienone is 1. The third kappa shape index (κ3) is 8.83. The molecule has 3 N–H and O–H groups in total. The maximum absolute atomic E-state index is 15.1. The van der Waals surface area contributed by atoms with Crippen LogP contribution >= 0.6 is 0 Å². The van der Waals surface area contributed by atoms with Gasteiger partial charge in [-0.15, -0.1) is 0 Å². The Labute approximate surface area is 347 Å². The number of carbonyl (C=O) groups excluding carboxylic acids is 4. The number of benzene rings is 1. The Bertz CT molecular complexity index is 2120. The average Bonchev–Trinajstić information content (AvgIpc) is 4.05. The van der Waals surface area contributed by atoms with Gasteiger partial charge < -0.3 is 34.6 Å². The van der Waals surface area contributed by atoms with Crippen molar-refractivity contribution in [1.29, 1.82) is 0 Å². The minimum absolute atomic E-state index is 0.00921. The highest BCUT2D eigenvalue weighted by Crippen LogP contribution is 2.48. The van der Waals surface area contributed by atoms with E-state index < -0.39 is 67.8 Å². The maximum atomic E-state index is 15.1. The minimum atomic E-state index is -4.00. The van der Waals surface area contributed by atoms with E-state index in [1.807, 2.05) is 44.3 Å². The van der Waals surface area contributed by atoms with Crippen LogP contribution in [0.25, 0.3) is 10.8 Å².